The number of benzene rings is 1. The monoisotopic (exact) mass is 212 g/mol. The molecule has 0 fully saturated rings. The Bertz CT molecular complexity index is 361. The van der Waals surface area contributed by atoms with Crippen molar-refractivity contribution in [3.05, 3.63) is 35.4 Å². The van der Waals surface area contributed by atoms with Gasteiger partial charge in [-0.2, -0.15) is 0 Å². The fraction of sp³-hybridized carbons (Fsp3) is 0.417. The summed E-state index contributed by atoms with van der Waals surface area (Å²) in [6, 6.07) is 3.31. The van der Waals surface area contributed by atoms with Crippen LogP contribution in [-0.4, -0.2) is 5.78 Å². The molecule has 0 aliphatic heterocycles. The van der Waals surface area contributed by atoms with E-state index in [0.717, 1.165) is 18.2 Å². The van der Waals surface area contributed by atoms with Crippen LogP contribution in [0, 0.1) is 17.6 Å². The topological polar surface area (TPSA) is 17.1 Å². The van der Waals surface area contributed by atoms with Crippen LogP contribution in [0.2, 0.25) is 0 Å². The first-order valence-electron chi connectivity index (χ1n) is 5.01. The summed E-state index contributed by atoms with van der Waals surface area (Å²) in [5.41, 5.74) is 0.268. The summed E-state index contributed by atoms with van der Waals surface area (Å²) in [5, 5.41) is 0. The maximum absolute atomic E-state index is 13.2. The molecule has 0 aromatic heterocycles. The van der Waals surface area contributed by atoms with Gasteiger partial charge in [0.2, 0.25) is 0 Å². The van der Waals surface area contributed by atoms with Crippen molar-refractivity contribution in [2.75, 3.05) is 0 Å². The van der Waals surface area contributed by atoms with Crippen LogP contribution in [0.4, 0.5) is 8.78 Å². The number of Topliss-reactive ketones (excluding diaryl/α,β-unsaturated/α-hetero) is 1. The molecule has 1 unspecified atom stereocenters. The van der Waals surface area contributed by atoms with E-state index in [1.165, 1.54) is 0 Å². The van der Waals surface area contributed by atoms with E-state index in [2.05, 4.69) is 0 Å². The lowest BCUT2D eigenvalue weighted by Crippen LogP contribution is -2.13. The quantitative estimate of drug-likeness (QED) is 0.749. The zero-order valence-corrected chi connectivity index (χ0v) is 8.89. The minimum Gasteiger partial charge on any atom is -0.299 e. The maximum atomic E-state index is 13.2. The minimum absolute atomic E-state index is 0.0682. The van der Waals surface area contributed by atoms with Gasteiger partial charge in [-0.25, -0.2) is 8.78 Å². The molecule has 3 heteroatoms. The normalized spacial score (nSPS) is 12.5. The Kier molecular flexibility index (Phi) is 3.95. The second-order valence-electron chi connectivity index (χ2n) is 3.66. The van der Waals surface area contributed by atoms with Crippen LogP contribution in [-0.2, 0) is 11.2 Å². The maximum Gasteiger partial charge on any atom is 0.135 e. The molecule has 0 aliphatic rings. The number of carbonyl (C=O) groups excluding carboxylic acids is 1. The van der Waals surface area contributed by atoms with Gasteiger partial charge in [-0.15, -0.1) is 0 Å². The molecule has 82 valence electrons. The first-order chi connectivity index (χ1) is 7.04. The van der Waals surface area contributed by atoms with Gasteiger partial charge in [0.1, 0.15) is 17.4 Å². The van der Waals surface area contributed by atoms with E-state index in [-0.39, 0.29) is 23.7 Å². The molecule has 0 amide bonds. The Morgan fingerprint density at radius 2 is 2.07 bits per heavy atom. The standard InChI is InChI=1S/C12H14F2O/c1-3-12(15)8(2)6-9-7-10(13)4-5-11(9)14/h4-5,7-8H,3,6H2,1-2H3. The molecule has 0 aliphatic carbocycles. The number of rotatable bonds is 4. The van der Waals surface area contributed by atoms with Crippen LogP contribution in [0.3, 0.4) is 0 Å². The third-order valence-corrected chi connectivity index (χ3v) is 2.43. The zero-order chi connectivity index (χ0) is 11.4. The van der Waals surface area contributed by atoms with E-state index < -0.39 is 11.6 Å². The molecule has 0 heterocycles. The van der Waals surface area contributed by atoms with Crippen molar-refractivity contribution in [3.63, 3.8) is 0 Å². The van der Waals surface area contributed by atoms with Crippen LogP contribution in [0.1, 0.15) is 25.8 Å². The van der Waals surface area contributed by atoms with Gasteiger partial charge < -0.3 is 0 Å². The zero-order valence-electron chi connectivity index (χ0n) is 8.89. The molecule has 0 bridgehead atoms. The summed E-state index contributed by atoms with van der Waals surface area (Å²) in [5.74, 6) is -1.11. The first-order valence-corrected chi connectivity index (χ1v) is 5.01. The fourth-order valence-electron chi connectivity index (χ4n) is 1.49. The summed E-state index contributed by atoms with van der Waals surface area (Å²) in [6.07, 6.45) is 0.689. The lowest BCUT2D eigenvalue weighted by Gasteiger charge is -2.09. The highest BCUT2D eigenvalue weighted by Gasteiger charge is 2.14. The number of hydrogen-bond donors (Lipinski definition) is 0. The highest BCUT2D eigenvalue weighted by atomic mass is 19.1. The molecule has 0 N–H and O–H groups in total. The average molecular weight is 212 g/mol. The molecule has 15 heavy (non-hydrogen) atoms. The summed E-state index contributed by atoms with van der Waals surface area (Å²) in [6.45, 7) is 3.50. The molecule has 1 rings (SSSR count). The van der Waals surface area contributed by atoms with Gasteiger partial charge >= 0.3 is 0 Å². The van der Waals surface area contributed by atoms with Crippen LogP contribution < -0.4 is 0 Å². The van der Waals surface area contributed by atoms with Gasteiger partial charge in [0, 0.05) is 12.3 Å². The molecular weight excluding hydrogens is 198 g/mol. The van der Waals surface area contributed by atoms with Gasteiger partial charge in [0.05, 0.1) is 0 Å². The lowest BCUT2D eigenvalue weighted by atomic mass is 9.95. The van der Waals surface area contributed by atoms with Crippen molar-refractivity contribution >= 4 is 5.78 Å². The third kappa shape index (κ3) is 3.11. The summed E-state index contributed by atoms with van der Waals surface area (Å²) >= 11 is 0. The van der Waals surface area contributed by atoms with Crippen molar-refractivity contribution in [2.45, 2.75) is 26.7 Å². The van der Waals surface area contributed by atoms with Crippen molar-refractivity contribution in [3.8, 4) is 0 Å². The molecular formula is C12H14F2O. The largest absolute Gasteiger partial charge is 0.299 e. The van der Waals surface area contributed by atoms with Gasteiger partial charge in [0.15, 0.2) is 0 Å². The van der Waals surface area contributed by atoms with Crippen molar-refractivity contribution < 1.29 is 13.6 Å². The van der Waals surface area contributed by atoms with Gasteiger partial charge in [-0.1, -0.05) is 13.8 Å². The molecule has 0 saturated heterocycles. The smallest absolute Gasteiger partial charge is 0.135 e. The number of hydrogen-bond acceptors (Lipinski definition) is 1. The Morgan fingerprint density at radius 3 is 2.67 bits per heavy atom. The van der Waals surface area contributed by atoms with Crippen molar-refractivity contribution in [1.82, 2.24) is 0 Å². The highest BCUT2D eigenvalue weighted by molar-refractivity contribution is 5.80. The van der Waals surface area contributed by atoms with Crippen LogP contribution in [0.25, 0.3) is 0 Å². The van der Waals surface area contributed by atoms with E-state index in [0.29, 0.717) is 6.42 Å². The van der Waals surface area contributed by atoms with E-state index in [1.807, 2.05) is 0 Å². The fourth-order valence-corrected chi connectivity index (χ4v) is 1.49. The Balaban J connectivity index is 2.80. The third-order valence-electron chi connectivity index (χ3n) is 2.43. The Morgan fingerprint density at radius 1 is 1.40 bits per heavy atom. The van der Waals surface area contributed by atoms with Crippen molar-refractivity contribution in [1.29, 1.82) is 0 Å². The number of carbonyl (C=O) groups is 1. The summed E-state index contributed by atoms with van der Waals surface area (Å²) in [7, 11) is 0. The number of halogens is 2. The van der Waals surface area contributed by atoms with Crippen molar-refractivity contribution in [2.24, 2.45) is 5.92 Å². The Labute approximate surface area is 88.1 Å². The second kappa shape index (κ2) is 5.01. The van der Waals surface area contributed by atoms with E-state index >= 15 is 0 Å². The lowest BCUT2D eigenvalue weighted by molar-refractivity contribution is -0.122. The average Bonchev–Trinajstić information content (AvgIpc) is 2.22. The molecule has 1 aromatic rings. The van der Waals surface area contributed by atoms with E-state index in [1.54, 1.807) is 13.8 Å². The molecule has 1 aromatic carbocycles. The SMILES string of the molecule is CCC(=O)C(C)Cc1cc(F)ccc1F. The van der Waals surface area contributed by atoms with Gasteiger partial charge in [-0.3, -0.25) is 4.79 Å². The molecule has 1 atom stereocenters. The van der Waals surface area contributed by atoms with E-state index in [4.69, 9.17) is 0 Å². The highest BCUT2D eigenvalue weighted by Crippen LogP contribution is 2.15. The minimum atomic E-state index is -0.470. The predicted octanol–water partition coefficient (Wildman–Crippen LogP) is 3.12. The second-order valence-corrected chi connectivity index (χ2v) is 3.66. The first kappa shape index (κ1) is 11.8. The summed E-state index contributed by atoms with van der Waals surface area (Å²) < 4.78 is 26.0. The van der Waals surface area contributed by atoms with Crippen LogP contribution in [0.15, 0.2) is 18.2 Å². The van der Waals surface area contributed by atoms with Gasteiger partial charge in [0.25, 0.3) is 0 Å². The van der Waals surface area contributed by atoms with E-state index in [9.17, 15) is 13.6 Å². The summed E-state index contributed by atoms with van der Waals surface area (Å²) in [4.78, 5) is 11.3. The molecule has 0 spiro atoms. The van der Waals surface area contributed by atoms with Gasteiger partial charge in [-0.05, 0) is 30.2 Å². The molecule has 0 radical (unpaired) electrons. The Hall–Kier alpha value is -1.25. The van der Waals surface area contributed by atoms with Crippen LogP contribution in [0.5, 0.6) is 0 Å². The molecule has 0 saturated carbocycles. The molecule has 1 nitrogen and oxygen atoms in total. The van der Waals surface area contributed by atoms with Crippen LogP contribution >= 0.6 is 0 Å². The number of ketones is 1. The predicted molar refractivity (Wildman–Crippen MR) is 54.5 cm³/mol.